The number of ether oxygens (including phenoxy) is 4. The van der Waals surface area contributed by atoms with Crippen molar-refractivity contribution in [3.63, 3.8) is 0 Å². The Kier molecular flexibility index (Phi) is 11.3. The summed E-state index contributed by atoms with van der Waals surface area (Å²) in [6, 6.07) is 10.5. The Morgan fingerprint density at radius 3 is 1.84 bits per heavy atom. The van der Waals surface area contributed by atoms with Gasteiger partial charge in [0.25, 0.3) is 0 Å². The second kappa shape index (κ2) is 15.1. The maximum absolute atomic E-state index is 12.1. The molecule has 4 heterocycles. The van der Waals surface area contributed by atoms with Crippen molar-refractivity contribution < 1.29 is 28.5 Å². The molecule has 10 nitrogen and oxygen atoms in total. The quantitative estimate of drug-likeness (QED) is 0.612. The van der Waals surface area contributed by atoms with Crippen LogP contribution < -0.4 is 5.32 Å². The Balaban J connectivity index is 0.000000186. The molecule has 206 valence electrons. The lowest BCUT2D eigenvalue weighted by atomic mass is 10.1. The van der Waals surface area contributed by atoms with Gasteiger partial charge in [-0.25, -0.2) is 9.59 Å². The van der Waals surface area contributed by atoms with Crippen LogP contribution >= 0.6 is 0 Å². The van der Waals surface area contributed by atoms with Gasteiger partial charge in [0, 0.05) is 84.0 Å². The van der Waals surface area contributed by atoms with Crippen LogP contribution in [-0.2, 0) is 25.5 Å². The average Bonchev–Trinajstić information content (AvgIpc) is 3.67. The van der Waals surface area contributed by atoms with Crippen LogP contribution in [0.15, 0.2) is 30.3 Å². The summed E-state index contributed by atoms with van der Waals surface area (Å²) in [6.45, 7) is 11.5. The summed E-state index contributed by atoms with van der Waals surface area (Å²) in [5.74, 6) is 0.778. The number of carbonyl (C=O) groups is 2. The Labute approximate surface area is 220 Å². The Bertz CT molecular complexity index is 802. The summed E-state index contributed by atoms with van der Waals surface area (Å²) >= 11 is 0. The smallest absolute Gasteiger partial charge is 0.409 e. The fourth-order valence-corrected chi connectivity index (χ4v) is 4.77. The van der Waals surface area contributed by atoms with Gasteiger partial charge in [0.15, 0.2) is 0 Å². The zero-order valence-corrected chi connectivity index (χ0v) is 21.9. The summed E-state index contributed by atoms with van der Waals surface area (Å²) in [4.78, 5) is 29.6. The van der Waals surface area contributed by atoms with Crippen LogP contribution in [0.4, 0.5) is 9.59 Å². The third-order valence-electron chi connectivity index (χ3n) is 7.19. The van der Waals surface area contributed by atoms with E-state index >= 15 is 0 Å². The van der Waals surface area contributed by atoms with Crippen molar-refractivity contribution in [3.8, 4) is 0 Å². The molecule has 4 fully saturated rings. The van der Waals surface area contributed by atoms with Crippen molar-refractivity contribution in [1.29, 1.82) is 0 Å². The van der Waals surface area contributed by atoms with Gasteiger partial charge < -0.3 is 34.1 Å². The minimum absolute atomic E-state index is 0.175. The molecule has 0 radical (unpaired) electrons. The van der Waals surface area contributed by atoms with Gasteiger partial charge in [-0.2, -0.15) is 0 Å². The maximum atomic E-state index is 12.1. The van der Waals surface area contributed by atoms with Crippen LogP contribution in [0.2, 0.25) is 0 Å². The first-order chi connectivity index (χ1) is 18.2. The Morgan fingerprint density at radius 2 is 1.32 bits per heavy atom. The summed E-state index contributed by atoms with van der Waals surface area (Å²) in [6.07, 6.45) is 1.65. The number of carbonyl (C=O) groups excluding carboxylic acids is 2. The lowest BCUT2D eigenvalue weighted by Crippen LogP contribution is -2.48. The molecule has 2 atom stereocenters. The molecule has 0 saturated carbocycles. The van der Waals surface area contributed by atoms with E-state index in [-0.39, 0.29) is 12.2 Å². The third-order valence-corrected chi connectivity index (χ3v) is 7.19. The average molecular weight is 519 g/mol. The van der Waals surface area contributed by atoms with Crippen molar-refractivity contribution >= 4 is 12.2 Å². The highest BCUT2D eigenvalue weighted by Gasteiger charge is 2.24. The molecule has 10 heteroatoms. The van der Waals surface area contributed by atoms with Crippen molar-refractivity contribution in [2.24, 2.45) is 11.8 Å². The highest BCUT2D eigenvalue weighted by atomic mass is 16.6. The van der Waals surface area contributed by atoms with Crippen LogP contribution in [0.3, 0.4) is 0 Å². The zero-order valence-electron chi connectivity index (χ0n) is 21.9. The van der Waals surface area contributed by atoms with E-state index in [1.807, 2.05) is 11.0 Å². The number of nitrogens with one attached hydrogen (secondary N) is 1. The van der Waals surface area contributed by atoms with Crippen molar-refractivity contribution in [2.45, 2.75) is 19.4 Å². The molecule has 0 aromatic heterocycles. The molecular formula is C27H42N4O6. The monoisotopic (exact) mass is 518 g/mol. The van der Waals surface area contributed by atoms with Crippen molar-refractivity contribution in [3.05, 3.63) is 35.9 Å². The number of hydrogen-bond acceptors (Lipinski definition) is 8. The number of nitrogens with zero attached hydrogens (tertiary/aromatic N) is 3. The fourth-order valence-electron chi connectivity index (χ4n) is 4.77. The van der Waals surface area contributed by atoms with E-state index in [0.717, 1.165) is 98.2 Å². The summed E-state index contributed by atoms with van der Waals surface area (Å²) < 4.78 is 21.2. The van der Waals surface area contributed by atoms with Gasteiger partial charge in [-0.05, 0) is 18.4 Å². The van der Waals surface area contributed by atoms with Crippen LogP contribution in [0, 0.1) is 11.8 Å². The normalized spacial score (nSPS) is 24.3. The molecule has 0 bridgehead atoms. The van der Waals surface area contributed by atoms with E-state index in [1.165, 1.54) is 5.56 Å². The van der Waals surface area contributed by atoms with Gasteiger partial charge in [-0.3, -0.25) is 4.90 Å². The minimum atomic E-state index is -0.177. The van der Waals surface area contributed by atoms with Gasteiger partial charge >= 0.3 is 12.2 Å². The summed E-state index contributed by atoms with van der Waals surface area (Å²) in [5, 5.41) is 3.20. The van der Waals surface area contributed by atoms with Gasteiger partial charge in [-0.15, -0.1) is 0 Å². The molecule has 4 aliphatic rings. The first kappa shape index (κ1) is 27.6. The van der Waals surface area contributed by atoms with Crippen molar-refractivity contribution in [1.82, 2.24) is 20.0 Å². The highest BCUT2D eigenvalue weighted by molar-refractivity contribution is 5.68. The molecule has 4 saturated heterocycles. The van der Waals surface area contributed by atoms with E-state index < -0.39 is 0 Å². The highest BCUT2D eigenvalue weighted by Crippen LogP contribution is 2.15. The summed E-state index contributed by atoms with van der Waals surface area (Å²) in [7, 11) is 0. The lowest BCUT2D eigenvalue weighted by Gasteiger charge is -2.34. The number of amides is 2. The Hall–Kier alpha value is -2.40. The molecule has 0 aliphatic carbocycles. The first-order valence-electron chi connectivity index (χ1n) is 13.6. The zero-order chi connectivity index (χ0) is 25.7. The Morgan fingerprint density at radius 1 is 0.784 bits per heavy atom. The number of rotatable bonds is 6. The number of benzene rings is 1. The molecule has 4 aliphatic heterocycles. The molecule has 5 rings (SSSR count). The van der Waals surface area contributed by atoms with Gasteiger partial charge in [0.05, 0.1) is 26.4 Å². The van der Waals surface area contributed by atoms with Crippen LogP contribution in [0.25, 0.3) is 0 Å². The molecular weight excluding hydrogens is 476 g/mol. The first-order valence-corrected chi connectivity index (χ1v) is 13.6. The van der Waals surface area contributed by atoms with E-state index in [9.17, 15) is 9.59 Å². The van der Waals surface area contributed by atoms with Crippen LogP contribution in [-0.4, -0.2) is 119 Å². The van der Waals surface area contributed by atoms with Crippen LogP contribution in [0.5, 0.6) is 0 Å². The van der Waals surface area contributed by atoms with Crippen LogP contribution in [0.1, 0.15) is 18.4 Å². The SMILES string of the molecule is O=C(OCC1CCOC1)N1CCN(Cc2ccccc2)CC1.O=C(OCC1CCOC1)N1CCNCC1. The molecule has 1 aromatic carbocycles. The van der Waals surface area contributed by atoms with E-state index in [2.05, 4.69) is 34.5 Å². The van der Waals surface area contributed by atoms with Gasteiger partial charge in [0.1, 0.15) is 0 Å². The fraction of sp³-hybridized carbons (Fsp3) is 0.704. The summed E-state index contributed by atoms with van der Waals surface area (Å²) in [5.41, 5.74) is 1.32. The molecule has 1 N–H and O–H groups in total. The maximum Gasteiger partial charge on any atom is 0.409 e. The molecule has 0 spiro atoms. The second-order valence-corrected chi connectivity index (χ2v) is 10.1. The van der Waals surface area contributed by atoms with Gasteiger partial charge in [0.2, 0.25) is 0 Å². The van der Waals surface area contributed by atoms with E-state index in [1.54, 1.807) is 4.90 Å². The van der Waals surface area contributed by atoms with Gasteiger partial charge in [-0.1, -0.05) is 30.3 Å². The topological polar surface area (TPSA) is 92.8 Å². The molecule has 37 heavy (non-hydrogen) atoms. The number of piperazine rings is 2. The second-order valence-electron chi connectivity index (χ2n) is 10.1. The minimum Gasteiger partial charge on any atom is -0.449 e. The predicted molar refractivity (Wildman–Crippen MR) is 138 cm³/mol. The standard InChI is InChI=1S/C17H24N2O3.C10H18N2O3/c20-17(22-14-16-6-11-21-13-16)19-9-7-18(8-10-19)12-15-4-2-1-3-5-15;13-10(12-4-2-11-3-5-12)15-8-9-1-6-14-7-9/h1-5,16H,6-14H2;9,11H,1-8H2. The predicted octanol–water partition coefficient (Wildman–Crippen LogP) is 2.04. The molecule has 1 aromatic rings. The molecule has 2 unspecified atom stereocenters. The number of hydrogen-bond donors (Lipinski definition) is 1. The van der Waals surface area contributed by atoms with Crippen molar-refractivity contribution in [2.75, 3.05) is 92.0 Å². The van der Waals surface area contributed by atoms with E-state index in [0.29, 0.717) is 25.0 Å². The largest absolute Gasteiger partial charge is 0.449 e. The molecule has 2 amide bonds. The third kappa shape index (κ3) is 9.45. The lowest BCUT2D eigenvalue weighted by molar-refractivity contribution is 0.0622. The van der Waals surface area contributed by atoms with E-state index in [4.69, 9.17) is 18.9 Å².